The van der Waals surface area contributed by atoms with Crippen LogP contribution in [-0.2, 0) is 4.74 Å². The van der Waals surface area contributed by atoms with E-state index < -0.39 is 0 Å². The van der Waals surface area contributed by atoms with Crippen LogP contribution in [0.2, 0.25) is 0 Å². The number of hydrogen-bond donors (Lipinski definition) is 1. The second-order valence-corrected chi connectivity index (χ2v) is 5.54. The molecule has 1 aromatic rings. The Bertz CT molecular complexity index is 382. The van der Waals surface area contributed by atoms with Gasteiger partial charge in [0.05, 0.1) is 12.2 Å². The minimum absolute atomic E-state index is 0.218. The molecular formula is C15H21NO. The molecule has 1 N–H and O–H groups in total. The number of nitrogens with one attached hydrogen (secondary N) is 1. The molecule has 1 heterocycles. The first-order valence-electron chi connectivity index (χ1n) is 6.69. The van der Waals surface area contributed by atoms with E-state index in [2.05, 4.69) is 43.4 Å². The van der Waals surface area contributed by atoms with Crippen molar-refractivity contribution < 1.29 is 4.74 Å². The van der Waals surface area contributed by atoms with Crippen LogP contribution in [0.15, 0.2) is 24.3 Å². The monoisotopic (exact) mass is 231 g/mol. The van der Waals surface area contributed by atoms with Crippen molar-refractivity contribution in [2.24, 2.45) is 5.92 Å². The Hall–Kier alpha value is -0.860. The highest BCUT2D eigenvalue weighted by atomic mass is 16.5. The van der Waals surface area contributed by atoms with E-state index in [9.17, 15) is 0 Å². The van der Waals surface area contributed by atoms with E-state index >= 15 is 0 Å². The van der Waals surface area contributed by atoms with E-state index in [4.69, 9.17) is 4.74 Å². The lowest BCUT2D eigenvalue weighted by atomic mass is 9.99. The molecule has 3 rings (SSSR count). The van der Waals surface area contributed by atoms with Crippen molar-refractivity contribution in [2.45, 2.75) is 44.9 Å². The summed E-state index contributed by atoms with van der Waals surface area (Å²) < 4.78 is 6.29. The molecule has 2 nitrogen and oxygen atoms in total. The summed E-state index contributed by atoms with van der Waals surface area (Å²) in [6.45, 7) is 5.36. The van der Waals surface area contributed by atoms with E-state index in [0.717, 1.165) is 12.5 Å². The van der Waals surface area contributed by atoms with E-state index in [1.807, 2.05) is 0 Å². The lowest BCUT2D eigenvalue weighted by Crippen LogP contribution is -2.47. The second kappa shape index (κ2) is 4.43. The average Bonchev–Trinajstić information content (AvgIpc) is 3.15. The van der Waals surface area contributed by atoms with Gasteiger partial charge in [0.15, 0.2) is 0 Å². The van der Waals surface area contributed by atoms with Gasteiger partial charge in [0.25, 0.3) is 0 Å². The molecule has 0 radical (unpaired) electrons. The molecular weight excluding hydrogens is 210 g/mol. The number of morpholine rings is 1. The molecule has 2 aliphatic rings. The number of hydrogen-bond acceptors (Lipinski definition) is 2. The maximum absolute atomic E-state index is 6.29. The highest BCUT2D eigenvalue weighted by molar-refractivity contribution is 5.24. The predicted molar refractivity (Wildman–Crippen MR) is 69.0 cm³/mol. The molecule has 2 fully saturated rings. The minimum Gasteiger partial charge on any atom is -0.367 e. The molecule has 3 unspecified atom stereocenters. The molecule has 0 bridgehead atoms. The molecule has 1 aromatic carbocycles. The maximum Gasteiger partial charge on any atom is 0.0979 e. The highest BCUT2D eigenvalue weighted by Gasteiger charge is 2.38. The van der Waals surface area contributed by atoms with Gasteiger partial charge in [-0.05, 0) is 38.2 Å². The van der Waals surface area contributed by atoms with Crippen molar-refractivity contribution in [3.8, 4) is 0 Å². The van der Waals surface area contributed by atoms with Crippen LogP contribution < -0.4 is 5.32 Å². The lowest BCUT2D eigenvalue weighted by molar-refractivity contribution is -0.0707. The Morgan fingerprint density at radius 3 is 2.53 bits per heavy atom. The quantitative estimate of drug-likeness (QED) is 0.845. The summed E-state index contributed by atoms with van der Waals surface area (Å²) in [4.78, 5) is 0. The molecule has 1 saturated carbocycles. The summed E-state index contributed by atoms with van der Waals surface area (Å²) in [6.07, 6.45) is 3.34. The van der Waals surface area contributed by atoms with Gasteiger partial charge in [-0.25, -0.2) is 0 Å². The predicted octanol–water partition coefficient (Wildman–Crippen LogP) is 2.82. The number of ether oxygens (including phenoxy) is 1. The summed E-state index contributed by atoms with van der Waals surface area (Å²) in [5, 5.41) is 3.59. The van der Waals surface area contributed by atoms with Crippen molar-refractivity contribution in [2.75, 3.05) is 6.54 Å². The summed E-state index contributed by atoms with van der Waals surface area (Å²) in [7, 11) is 0. The summed E-state index contributed by atoms with van der Waals surface area (Å²) in [5.41, 5.74) is 2.62. The molecule has 0 spiro atoms. The molecule has 1 aliphatic carbocycles. The Morgan fingerprint density at radius 1 is 1.18 bits per heavy atom. The second-order valence-electron chi connectivity index (χ2n) is 5.54. The zero-order valence-corrected chi connectivity index (χ0v) is 10.6. The SMILES string of the molecule is Cc1ccc(C2OC(C3CC3)CNC2C)cc1. The molecule has 0 aromatic heterocycles. The Labute approximate surface area is 103 Å². The Kier molecular flexibility index (Phi) is 2.93. The molecule has 1 aliphatic heterocycles. The van der Waals surface area contributed by atoms with Crippen LogP contribution in [0.4, 0.5) is 0 Å². The molecule has 1 saturated heterocycles. The van der Waals surface area contributed by atoms with Crippen LogP contribution in [0.3, 0.4) is 0 Å². The van der Waals surface area contributed by atoms with Gasteiger partial charge in [0.1, 0.15) is 0 Å². The van der Waals surface area contributed by atoms with Gasteiger partial charge in [-0.1, -0.05) is 29.8 Å². The van der Waals surface area contributed by atoms with Crippen molar-refractivity contribution in [3.63, 3.8) is 0 Å². The maximum atomic E-state index is 6.29. The van der Waals surface area contributed by atoms with E-state index in [-0.39, 0.29) is 6.10 Å². The van der Waals surface area contributed by atoms with Crippen molar-refractivity contribution in [1.82, 2.24) is 5.32 Å². The van der Waals surface area contributed by atoms with E-state index in [0.29, 0.717) is 12.1 Å². The Morgan fingerprint density at radius 2 is 1.88 bits per heavy atom. The fourth-order valence-electron chi connectivity index (χ4n) is 2.63. The number of benzene rings is 1. The van der Waals surface area contributed by atoms with Crippen LogP contribution in [-0.4, -0.2) is 18.7 Å². The van der Waals surface area contributed by atoms with E-state index in [1.54, 1.807) is 0 Å². The first kappa shape index (κ1) is 11.2. The fourth-order valence-corrected chi connectivity index (χ4v) is 2.63. The Balaban J connectivity index is 1.76. The van der Waals surface area contributed by atoms with E-state index in [1.165, 1.54) is 24.0 Å². The molecule has 92 valence electrons. The van der Waals surface area contributed by atoms with Crippen molar-refractivity contribution >= 4 is 0 Å². The summed E-state index contributed by atoms with van der Waals surface area (Å²) in [5.74, 6) is 0.808. The zero-order valence-electron chi connectivity index (χ0n) is 10.6. The standard InChI is InChI=1S/C15H21NO/c1-10-3-5-13(6-4-10)15-11(2)16-9-14(17-15)12-7-8-12/h3-6,11-12,14-16H,7-9H2,1-2H3. The normalized spacial score (nSPS) is 33.6. The first-order valence-corrected chi connectivity index (χ1v) is 6.69. The van der Waals surface area contributed by atoms with Gasteiger partial charge in [0, 0.05) is 12.6 Å². The van der Waals surface area contributed by atoms with Gasteiger partial charge in [-0.3, -0.25) is 0 Å². The number of rotatable bonds is 2. The lowest BCUT2D eigenvalue weighted by Gasteiger charge is -2.36. The van der Waals surface area contributed by atoms with Gasteiger partial charge < -0.3 is 10.1 Å². The van der Waals surface area contributed by atoms with Gasteiger partial charge in [-0.2, -0.15) is 0 Å². The molecule has 17 heavy (non-hydrogen) atoms. The molecule has 3 atom stereocenters. The van der Waals surface area contributed by atoms with Crippen molar-refractivity contribution in [3.05, 3.63) is 35.4 Å². The first-order chi connectivity index (χ1) is 8.24. The zero-order chi connectivity index (χ0) is 11.8. The third-order valence-electron chi connectivity index (χ3n) is 3.97. The number of aryl methyl sites for hydroxylation is 1. The van der Waals surface area contributed by atoms with Crippen molar-refractivity contribution in [1.29, 1.82) is 0 Å². The smallest absolute Gasteiger partial charge is 0.0979 e. The van der Waals surface area contributed by atoms with Crippen LogP contribution in [0, 0.1) is 12.8 Å². The van der Waals surface area contributed by atoms with Gasteiger partial charge in [-0.15, -0.1) is 0 Å². The molecule has 0 amide bonds. The topological polar surface area (TPSA) is 21.3 Å². The van der Waals surface area contributed by atoms with Crippen LogP contribution in [0.5, 0.6) is 0 Å². The third-order valence-corrected chi connectivity index (χ3v) is 3.97. The van der Waals surface area contributed by atoms with Crippen LogP contribution >= 0.6 is 0 Å². The average molecular weight is 231 g/mol. The highest BCUT2D eigenvalue weighted by Crippen LogP contribution is 2.39. The van der Waals surface area contributed by atoms with Crippen LogP contribution in [0.25, 0.3) is 0 Å². The fraction of sp³-hybridized carbons (Fsp3) is 0.600. The third kappa shape index (κ3) is 2.38. The summed E-state index contributed by atoms with van der Waals surface area (Å²) in [6, 6.07) is 9.16. The minimum atomic E-state index is 0.218. The molecule has 2 heteroatoms. The summed E-state index contributed by atoms with van der Waals surface area (Å²) >= 11 is 0. The van der Waals surface area contributed by atoms with Gasteiger partial charge >= 0.3 is 0 Å². The largest absolute Gasteiger partial charge is 0.367 e. The van der Waals surface area contributed by atoms with Gasteiger partial charge in [0.2, 0.25) is 0 Å². The van der Waals surface area contributed by atoms with Crippen LogP contribution in [0.1, 0.15) is 37.0 Å².